The van der Waals surface area contributed by atoms with E-state index in [0.29, 0.717) is 6.61 Å². The van der Waals surface area contributed by atoms with Crippen LogP contribution in [0.4, 0.5) is 0 Å². The Hall–Kier alpha value is -0.630. The van der Waals surface area contributed by atoms with Crippen LogP contribution in [0.15, 0.2) is 0 Å². The molecule has 1 atom stereocenters. The summed E-state index contributed by atoms with van der Waals surface area (Å²) < 4.78 is 5.24. The SMILES string of the molecule is CC1(C)COC[C@](C#N)(CO)N1. The van der Waals surface area contributed by atoms with Crippen LogP contribution in [0.1, 0.15) is 13.8 Å². The summed E-state index contributed by atoms with van der Waals surface area (Å²) in [6, 6.07) is 2.04. The molecule has 0 spiro atoms. The van der Waals surface area contributed by atoms with Crippen molar-refractivity contribution in [3.8, 4) is 6.07 Å². The molecule has 0 unspecified atom stereocenters. The van der Waals surface area contributed by atoms with Gasteiger partial charge in [0, 0.05) is 5.54 Å². The molecule has 0 aromatic carbocycles. The smallest absolute Gasteiger partial charge is 0.153 e. The zero-order valence-electron chi connectivity index (χ0n) is 7.42. The topological polar surface area (TPSA) is 65.3 Å². The van der Waals surface area contributed by atoms with Crippen LogP contribution in [0.2, 0.25) is 0 Å². The second kappa shape index (κ2) is 3.02. The van der Waals surface area contributed by atoms with Crippen molar-refractivity contribution in [1.82, 2.24) is 5.32 Å². The Morgan fingerprint density at radius 2 is 2.25 bits per heavy atom. The predicted octanol–water partition coefficient (Wildman–Crippen LogP) is -0.361. The van der Waals surface area contributed by atoms with Crippen molar-refractivity contribution in [3.05, 3.63) is 0 Å². The Labute approximate surface area is 72.1 Å². The summed E-state index contributed by atoms with van der Waals surface area (Å²) in [6.45, 7) is 4.48. The van der Waals surface area contributed by atoms with E-state index in [4.69, 9.17) is 15.1 Å². The van der Waals surface area contributed by atoms with Crippen molar-refractivity contribution in [2.75, 3.05) is 19.8 Å². The Morgan fingerprint density at radius 1 is 1.58 bits per heavy atom. The minimum Gasteiger partial charge on any atom is -0.393 e. The molecule has 1 saturated heterocycles. The Bertz CT molecular complexity index is 210. The van der Waals surface area contributed by atoms with Crippen molar-refractivity contribution in [1.29, 1.82) is 5.26 Å². The highest BCUT2D eigenvalue weighted by Crippen LogP contribution is 2.17. The lowest BCUT2D eigenvalue weighted by molar-refractivity contribution is -0.0286. The summed E-state index contributed by atoms with van der Waals surface area (Å²) in [6.07, 6.45) is 0. The van der Waals surface area contributed by atoms with E-state index in [1.54, 1.807) is 0 Å². The van der Waals surface area contributed by atoms with E-state index in [2.05, 4.69) is 5.32 Å². The number of nitrogens with one attached hydrogen (secondary N) is 1. The second-order valence-electron chi connectivity index (χ2n) is 3.85. The number of ether oxygens (including phenoxy) is 1. The van der Waals surface area contributed by atoms with Gasteiger partial charge in [-0.1, -0.05) is 0 Å². The summed E-state index contributed by atoms with van der Waals surface area (Å²) in [5.74, 6) is 0. The van der Waals surface area contributed by atoms with Gasteiger partial charge in [0.15, 0.2) is 5.54 Å². The average molecular weight is 170 g/mol. The van der Waals surface area contributed by atoms with Crippen molar-refractivity contribution in [2.45, 2.75) is 24.9 Å². The van der Waals surface area contributed by atoms with Crippen LogP contribution in [0.3, 0.4) is 0 Å². The molecule has 1 heterocycles. The quantitative estimate of drug-likeness (QED) is 0.564. The van der Waals surface area contributed by atoms with Crippen LogP contribution >= 0.6 is 0 Å². The molecule has 12 heavy (non-hydrogen) atoms. The zero-order chi connectivity index (χ0) is 9.24. The summed E-state index contributed by atoms with van der Waals surface area (Å²) in [5, 5.41) is 20.9. The molecule has 0 radical (unpaired) electrons. The monoisotopic (exact) mass is 170 g/mol. The third-order valence-corrected chi connectivity index (χ3v) is 1.87. The highest BCUT2D eigenvalue weighted by Gasteiger charge is 2.39. The minimum atomic E-state index is -0.915. The summed E-state index contributed by atoms with van der Waals surface area (Å²) >= 11 is 0. The molecule has 1 rings (SSSR count). The fraction of sp³-hybridized carbons (Fsp3) is 0.875. The zero-order valence-corrected chi connectivity index (χ0v) is 7.42. The van der Waals surface area contributed by atoms with E-state index in [0.717, 1.165) is 0 Å². The molecule has 2 N–H and O–H groups in total. The van der Waals surface area contributed by atoms with Gasteiger partial charge in [0.25, 0.3) is 0 Å². The number of nitriles is 1. The molecule has 1 aliphatic rings. The molecule has 0 bridgehead atoms. The molecule has 4 nitrogen and oxygen atoms in total. The maximum absolute atomic E-state index is 9.01. The Kier molecular flexibility index (Phi) is 2.38. The molecular formula is C8H14N2O2. The number of aliphatic hydroxyl groups excluding tert-OH is 1. The maximum atomic E-state index is 9.01. The molecule has 68 valence electrons. The molecule has 0 aromatic rings. The molecule has 0 amide bonds. The van der Waals surface area contributed by atoms with Crippen molar-refractivity contribution >= 4 is 0 Å². The van der Waals surface area contributed by atoms with Gasteiger partial charge >= 0.3 is 0 Å². The highest BCUT2D eigenvalue weighted by atomic mass is 16.5. The number of nitrogens with zero attached hydrogens (tertiary/aromatic N) is 1. The van der Waals surface area contributed by atoms with Crippen molar-refractivity contribution in [3.63, 3.8) is 0 Å². The van der Waals surface area contributed by atoms with Crippen LogP contribution in [0, 0.1) is 11.3 Å². The van der Waals surface area contributed by atoms with Crippen LogP contribution in [-0.4, -0.2) is 36.0 Å². The van der Waals surface area contributed by atoms with E-state index >= 15 is 0 Å². The van der Waals surface area contributed by atoms with Crippen LogP contribution in [0.25, 0.3) is 0 Å². The Balaban J connectivity index is 2.74. The van der Waals surface area contributed by atoms with Crippen molar-refractivity contribution < 1.29 is 9.84 Å². The molecular weight excluding hydrogens is 156 g/mol. The third kappa shape index (κ3) is 1.75. The average Bonchev–Trinajstić information content (AvgIpc) is 2.02. The first-order valence-electron chi connectivity index (χ1n) is 3.93. The minimum absolute atomic E-state index is 0.215. The highest BCUT2D eigenvalue weighted by molar-refractivity contribution is 5.12. The van der Waals surface area contributed by atoms with Crippen LogP contribution < -0.4 is 5.32 Å². The lowest BCUT2D eigenvalue weighted by Crippen LogP contribution is -2.65. The number of hydrogen-bond acceptors (Lipinski definition) is 4. The van der Waals surface area contributed by atoms with E-state index in [1.165, 1.54) is 0 Å². The number of morpholine rings is 1. The van der Waals surface area contributed by atoms with Crippen molar-refractivity contribution in [2.24, 2.45) is 0 Å². The summed E-state index contributed by atoms with van der Waals surface area (Å²) in [7, 11) is 0. The fourth-order valence-electron chi connectivity index (χ4n) is 1.38. The van der Waals surface area contributed by atoms with Gasteiger partial charge in [-0.3, -0.25) is 5.32 Å². The lowest BCUT2D eigenvalue weighted by atomic mass is 9.95. The predicted molar refractivity (Wildman–Crippen MR) is 43.5 cm³/mol. The van der Waals surface area contributed by atoms with E-state index in [1.807, 2.05) is 19.9 Å². The van der Waals surface area contributed by atoms with Gasteiger partial charge in [-0.2, -0.15) is 5.26 Å². The number of aliphatic hydroxyl groups is 1. The van der Waals surface area contributed by atoms with Gasteiger partial charge in [-0.15, -0.1) is 0 Å². The molecule has 0 saturated carbocycles. The Morgan fingerprint density at radius 3 is 2.58 bits per heavy atom. The molecule has 1 aliphatic heterocycles. The first-order chi connectivity index (χ1) is 5.54. The van der Waals surface area contributed by atoms with Gasteiger partial charge in [0.2, 0.25) is 0 Å². The molecule has 1 fully saturated rings. The maximum Gasteiger partial charge on any atom is 0.153 e. The van der Waals surface area contributed by atoms with Gasteiger partial charge in [0.1, 0.15) is 0 Å². The first kappa shape index (κ1) is 9.46. The number of hydrogen-bond donors (Lipinski definition) is 2. The van der Waals surface area contributed by atoms with E-state index in [-0.39, 0.29) is 18.8 Å². The first-order valence-corrected chi connectivity index (χ1v) is 3.93. The standard InChI is InChI=1S/C8H14N2O2/c1-7(2)5-12-6-8(3-9,4-11)10-7/h10-11H,4-6H2,1-2H3/t8-/m0/s1. The number of rotatable bonds is 1. The molecule has 0 aliphatic carbocycles. The molecule has 0 aromatic heterocycles. The van der Waals surface area contributed by atoms with E-state index < -0.39 is 5.54 Å². The third-order valence-electron chi connectivity index (χ3n) is 1.87. The van der Waals surface area contributed by atoms with Gasteiger partial charge < -0.3 is 9.84 Å². The van der Waals surface area contributed by atoms with Gasteiger partial charge in [-0.05, 0) is 13.8 Å². The second-order valence-corrected chi connectivity index (χ2v) is 3.85. The van der Waals surface area contributed by atoms with Crippen LogP contribution in [0.5, 0.6) is 0 Å². The summed E-state index contributed by atoms with van der Waals surface area (Å²) in [4.78, 5) is 0. The van der Waals surface area contributed by atoms with E-state index in [9.17, 15) is 0 Å². The largest absolute Gasteiger partial charge is 0.393 e. The molecule has 4 heteroatoms. The van der Waals surface area contributed by atoms with Crippen LogP contribution in [-0.2, 0) is 4.74 Å². The van der Waals surface area contributed by atoms with Gasteiger partial charge in [-0.25, -0.2) is 0 Å². The lowest BCUT2D eigenvalue weighted by Gasteiger charge is -2.40. The fourth-order valence-corrected chi connectivity index (χ4v) is 1.38. The normalized spacial score (nSPS) is 34.2. The summed E-state index contributed by atoms with van der Waals surface area (Å²) in [5.41, 5.74) is -1.15. The van der Waals surface area contributed by atoms with Gasteiger partial charge in [0.05, 0.1) is 25.9 Å².